The van der Waals surface area contributed by atoms with Gasteiger partial charge in [-0.1, -0.05) is 26.0 Å². The van der Waals surface area contributed by atoms with Gasteiger partial charge in [-0.3, -0.25) is 4.21 Å². The monoisotopic (exact) mass is 269 g/mol. The lowest BCUT2D eigenvalue weighted by Gasteiger charge is -2.07. The zero-order valence-electron chi connectivity index (χ0n) is 11.3. The summed E-state index contributed by atoms with van der Waals surface area (Å²) in [6, 6.07) is 8.12. The van der Waals surface area contributed by atoms with E-state index in [1.54, 1.807) is 0 Å². The molecule has 0 saturated heterocycles. The summed E-state index contributed by atoms with van der Waals surface area (Å²) in [5.74, 6) is 2.40. The molecule has 0 aromatic heterocycles. The van der Waals surface area contributed by atoms with Crippen LogP contribution in [0.25, 0.3) is 0 Å². The van der Waals surface area contributed by atoms with E-state index in [9.17, 15) is 4.21 Å². The van der Waals surface area contributed by atoms with E-state index < -0.39 is 10.8 Å². The van der Waals surface area contributed by atoms with Gasteiger partial charge in [0.25, 0.3) is 0 Å². The standard InChI is InChI=1S/C14H23NO2S/c1-3-10-17-14-7-5-13(6-8-14)12-15-9-11-18(16)4-2/h5-8,15H,3-4,9-12H2,1-2H3. The van der Waals surface area contributed by atoms with Crippen molar-refractivity contribution in [1.82, 2.24) is 5.32 Å². The largest absolute Gasteiger partial charge is 0.494 e. The van der Waals surface area contributed by atoms with Gasteiger partial charge in [0.05, 0.1) is 6.61 Å². The minimum absolute atomic E-state index is 0.675. The Morgan fingerprint density at radius 1 is 1.22 bits per heavy atom. The van der Waals surface area contributed by atoms with E-state index >= 15 is 0 Å². The fourth-order valence-electron chi connectivity index (χ4n) is 1.49. The molecule has 1 atom stereocenters. The molecule has 0 aliphatic carbocycles. The normalized spacial score (nSPS) is 12.3. The van der Waals surface area contributed by atoms with Gasteiger partial charge in [-0.25, -0.2) is 0 Å². The third kappa shape index (κ3) is 6.17. The van der Waals surface area contributed by atoms with Crippen LogP contribution >= 0.6 is 0 Å². The van der Waals surface area contributed by atoms with Crippen molar-refractivity contribution in [2.45, 2.75) is 26.8 Å². The van der Waals surface area contributed by atoms with Gasteiger partial charge >= 0.3 is 0 Å². The first-order valence-electron chi connectivity index (χ1n) is 6.53. The van der Waals surface area contributed by atoms with Gasteiger partial charge in [-0.05, 0) is 24.1 Å². The summed E-state index contributed by atoms with van der Waals surface area (Å²) in [6.45, 7) is 6.42. The molecular weight excluding hydrogens is 246 g/mol. The smallest absolute Gasteiger partial charge is 0.119 e. The number of hydrogen-bond acceptors (Lipinski definition) is 3. The first-order chi connectivity index (χ1) is 8.76. The third-order valence-corrected chi connectivity index (χ3v) is 3.86. The van der Waals surface area contributed by atoms with Crippen molar-refractivity contribution in [3.63, 3.8) is 0 Å². The molecule has 0 aliphatic rings. The Bertz CT molecular complexity index is 351. The number of ether oxygens (including phenoxy) is 1. The van der Waals surface area contributed by atoms with Crippen LogP contribution in [0.15, 0.2) is 24.3 Å². The van der Waals surface area contributed by atoms with E-state index in [0.29, 0.717) is 0 Å². The molecule has 4 heteroatoms. The van der Waals surface area contributed by atoms with Crippen molar-refractivity contribution >= 4 is 10.8 Å². The average molecular weight is 269 g/mol. The summed E-state index contributed by atoms with van der Waals surface area (Å²) >= 11 is 0. The van der Waals surface area contributed by atoms with Gasteiger partial charge in [-0.2, -0.15) is 0 Å². The highest BCUT2D eigenvalue weighted by molar-refractivity contribution is 7.84. The molecule has 0 radical (unpaired) electrons. The molecule has 0 heterocycles. The van der Waals surface area contributed by atoms with Crippen LogP contribution in [0.5, 0.6) is 5.75 Å². The van der Waals surface area contributed by atoms with Crippen molar-refractivity contribution in [3.8, 4) is 5.75 Å². The van der Waals surface area contributed by atoms with Gasteiger partial charge in [0, 0.05) is 35.4 Å². The molecule has 0 amide bonds. The van der Waals surface area contributed by atoms with Crippen molar-refractivity contribution in [1.29, 1.82) is 0 Å². The van der Waals surface area contributed by atoms with Crippen LogP contribution in [0.4, 0.5) is 0 Å². The van der Waals surface area contributed by atoms with Crippen LogP contribution in [0.3, 0.4) is 0 Å². The number of hydrogen-bond donors (Lipinski definition) is 1. The summed E-state index contributed by atoms with van der Waals surface area (Å²) in [4.78, 5) is 0. The van der Waals surface area contributed by atoms with Crippen LogP contribution in [-0.4, -0.2) is 28.9 Å². The summed E-state index contributed by atoms with van der Waals surface area (Å²) in [5.41, 5.74) is 1.22. The predicted molar refractivity (Wildman–Crippen MR) is 77.5 cm³/mol. The molecule has 3 nitrogen and oxygen atoms in total. The van der Waals surface area contributed by atoms with Crippen LogP contribution in [-0.2, 0) is 17.3 Å². The zero-order chi connectivity index (χ0) is 13.2. The molecule has 0 spiro atoms. The minimum Gasteiger partial charge on any atom is -0.494 e. The van der Waals surface area contributed by atoms with Gasteiger partial charge in [0.2, 0.25) is 0 Å². The number of nitrogens with one attached hydrogen (secondary N) is 1. The van der Waals surface area contributed by atoms with Crippen LogP contribution in [0, 0.1) is 0 Å². The van der Waals surface area contributed by atoms with Crippen LogP contribution in [0.2, 0.25) is 0 Å². The van der Waals surface area contributed by atoms with Crippen molar-refractivity contribution < 1.29 is 8.95 Å². The first kappa shape index (κ1) is 15.2. The molecule has 0 bridgehead atoms. The Morgan fingerprint density at radius 2 is 1.94 bits per heavy atom. The Hall–Kier alpha value is -0.870. The Balaban J connectivity index is 2.24. The quantitative estimate of drug-likeness (QED) is 0.699. The molecule has 1 N–H and O–H groups in total. The molecule has 0 fully saturated rings. The zero-order valence-corrected chi connectivity index (χ0v) is 12.1. The van der Waals surface area contributed by atoms with E-state index in [2.05, 4.69) is 24.4 Å². The fourth-order valence-corrected chi connectivity index (χ4v) is 2.15. The summed E-state index contributed by atoms with van der Waals surface area (Å²) in [6.07, 6.45) is 1.03. The Morgan fingerprint density at radius 3 is 2.56 bits per heavy atom. The lowest BCUT2D eigenvalue weighted by atomic mass is 10.2. The average Bonchev–Trinajstić information content (AvgIpc) is 2.42. The van der Waals surface area contributed by atoms with E-state index in [1.807, 2.05) is 19.1 Å². The Labute approximate surface area is 112 Å². The molecule has 1 aromatic carbocycles. The molecule has 1 aromatic rings. The first-order valence-corrected chi connectivity index (χ1v) is 8.02. The second-order valence-electron chi connectivity index (χ2n) is 4.10. The molecule has 1 rings (SSSR count). The molecule has 102 valence electrons. The highest BCUT2D eigenvalue weighted by Gasteiger charge is 1.97. The number of rotatable bonds is 9. The van der Waals surface area contributed by atoms with Gasteiger partial charge in [0.15, 0.2) is 0 Å². The van der Waals surface area contributed by atoms with Gasteiger partial charge < -0.3 is 10.1 Å². The van der Waals surface area contributed by atoms with Crippen LogP contribution < -0.4 is 10.1 Å². The predicted octanol–water partition coefficient (Wildman–Crippen LogP) is 2.33. The van der Waals surface area contributed by atoms with Crippen molar-refractivity contribution in [3.05, 3.63) is 29.8 Å². The maximum absolute atomic E-state index is 11.2. The maximum Gasteiger partial charge on any atom is 0.119 e. The molecule has 1 unspecified atom stereocenters. The molecular formula is C14H23NO2S. The lowest BCUT2D eigenvalue weighted by Crippen LogP contribution is -2.20. The van der Waals surface area contributed by atoms with Gasteiger partial charge in [0.1, 0.15) is 5.75 Å². The maximum atomic E-state index is 11.2. The second-order valence-corrected chi connectivity index (χ2v) is 5.97. The SMILES string of the molecule is CCCOc1ccc(CNCCS(=O)CC)cc1. The highest BCUT2D eigenvalue weighted by Crippen LogP contribution is 2.12. The van der Waals surface area contributed by atoms with Crippen LogP contribution in [0.1, 0.15) is 25.8 Å². The Kier molecular flexibility index (Phi) is 7.69. The van der Waals surface area contributed by atoms with E-state index in [0.717, 1.165) is 43.4 Å². The molecule has 0 saturated carbocycles. The number of benzene rings is 1. The molecule has 18 heavy (non-hydrogen) atoms. The van der Waals surface area contributed by atoms with Crippen molar-refractivity contribution in [2.75, 3.05) is 24.7 Å². The second kappa shape index (κ2) is 9.11. The van der Waals surface area contributed by atoms with Crippen molar-refractivity contribution in [2.24, 2.45) is 0 Å². The summed E-state index contributed by atoms with van der Waals surface area (Å²) < 4.78 is 16.7. The fraction of sp³-hybridized carbons (Fsp3) is 0.571. The summed E-state index contributed by atoms with van der Waals surface area (Å²) in [7, 11) is -0.675. The van der Waals surface area contributed by atoms with E-state index in [-0.39, 0.29) is 0 Å². The topological polar surface area (TPSA) is 38.3 Å². The van der Waals surface area contributed by atoms with E-state index in [1.165, 1.54) is 5.56 Å². The molecule has 0 aliphatic heterocycles. The van der Waals surface area contributed by atoms with E-state index in [4.69, 9.17) is 4.74 Å². The third-order valence-electron chi connectivity index (χ3n) is 2.55. The lowest BCUT2D eigenvalue weighted by molar-refractivity contribution is 0.317. The highest BCUT2D eigenvalue weighted by atomic mass is 32.2. The minimum atomic E-state index is -0.675. The van der Waals surface area contributed by atoms with Gasteiger partial charge in [-0.15, -0.1) is 0 Å². The summed E-state index contributed by atoms with van der Waals surface area (Å²) in [5, 5.41) is 3.30.